The van der Waals surface area contributed by atoms with Crippen molar-refractivity contribution in [3.63, 3.8) is 0 Å². The molecule has 0 radical (unpaired) electrons. The van der Waals surface area contributed by atoms with Crippen LogP contribution in [0.2, 0.25) is 0 Å². The molecule has 1 aromatic heterocycles. The van der Waals surface area contributed by atoms with Crippen LogP contribution in [0.3, 0.4) is 0 Å². The van der Waals surface area contributed by atoms with Gasteiger partial charge in [0.25, 0.3) is 0 Å². The van der Waals surface area contributed by atoms with Crippen LogP contribution in [0.1, 0.15) is 37.0 Å². The summed E-state index contributed by atoms with van der Waals surface area (Å²) in [5.74, 6) is 0. The molecule has 3 heteroatoms. The Morgan fingerprint density at radius 3 is 2.64 bits per heavy atom. The SMILES string of the molecule is C=C(CC)c1ccc(CN(SC)c2cccnc2)c(CC)c1. The molecule has 2 aromatic rings. The van der Waals surface area contributed by atoms with Crippen LogP contribution in [-0.4, -0.2) is 11.2 Å². The Hall–Kier alpha value is -1.74. The van der Waals surface area contributed by atoms with Gasteiger partial charge in [0, 0.05) is 12.5 Å². The molecule has 116 valence electrons. The first-order valence-corrected chi connectivity index (χ1v) is 8.89. The normalized spacial score (nSPS) is 10.5. The lowest BCUT2D eigenvalue weighted by molar-refractivity contribution is 0.992. The van der Waals surface area contributed by atoms with E-state index in [0.717, 1.165) is 25.1 Å². The maximum absolute atomic E-state index is 4.22. The molecule has 0 saturated heterocycles. The molecule has 0 bridgehead atoms. The maximum Gasteiger partial charge on any atom is 0.0657 e. The second-order valence-corrected chi connectivity index (χ2v) is 6.03. The molecule has 0 N–H and O–H groups in total. The zero-order valence-electron chi connectivity index (χ0n) is 13.7. The molecule has 2 rings (SSSR count). The number of aromatic nitrogens is 1. The van der Waals surface area contributed by atoms with Crippen LogP contribution in [0.25, 0.3) is 5.57 Å². The van der Waals surface area contributed by atoms with Gasteiger partial charge in [0.2, 0.25) is 0 Å². The molecule has 0 aliphatic carbocycles. The van der Waals surface area contributed by atoms with E-state index >= 15 is 0 Å². The van der Waals surface area contributed by atoms with Crippen LogP contribution < -0.4 is 4.31 Å². The molecule has 2 nitrogen and oxygen atoms in total. The number of nitrogens with zero attached hydrogens (tertiary/aromatic N) is 2. The number of hydrogen-bond acceptors (Lipinski definition) is 3. The first-order valence-electron chi connectivity index (χ1n) is 7.71. The van der Waals surface area contributed by atoms with Crippen molar-refractivity contribution >= 4 is 23.2 Å². The summed E-state index contributed by atoms with van der Waals surface area (Å²) in [5, 5.41) is 0. The van der Waals surface area contributed by atoms with Crippen molar-refractivity contribution in [3.8, 4) is 0 Å². The fourth-order valence-corrected chi connectivity index (χ4v) is 3.04. The predicted molar refractivity (Wildman–Crippen MR) is 99.1 cm³/mol. The highest BCUT2D eigenvalue weighted by Gasteiger charge is 2.10. The van der Waals surface area contributed by atoms with Gasteiger partial charge in [-0.05, 0) is 47.2 Å². The van der Waals surface area contributed by atoms with Gasteiger partial charge in [-0.1, -0.05) is 50.6 Å². The molecule has 1 aromatic carbocycles. The minimum atomic E-state index is 0.884. The lowest BCUT2D eigenvalue weighted by Gasteiger charge is -2.23. The summed E-state index contributed by atoms with van der Waals surface area (Å²) in [7, 11) is 0. The lowest BCUT2D eigenvalue weighted by Crippen LogP contribution is -2.14. The Balaban J connectivity index is 2.26. The molecule has 0 amide bonds. The van der Waals surface area contributed by atoms with E-state index < -0.39 is 0 Å². The van der Waals surface area contributed by atoms with E-state index in [-0.39, 0.29) is 0 Å². The van der Waals surface area contributed by atoms with Crippen molar-refractivity contribution in [1.29, 1.82) is 0 Å². The molecule has 0 aliphatic heterocycles. The van der Waals surface area contributed by atoms with Crippen molar-refractivity contribution in [2.45, 2.75) is 33.2 Å². The highest BCUT2D eigenvalue weighted by atomic mass is 32.2. The third-order valence-corrected chi connectivity index (χ3v) is 4.67. The van der Waals surface area contributed by atoms with Crippen LogP contribution >= 0.6 is 11.9 Å². The Morgan fingerprint density at radius 1 is 1.23 bits per heavy atom. The van der Waals surface area contributed by atoms with Crippen molar-refractivity contribution in [1.82, 2.24) is 4.98 Å². The summed E-state index contributed by atoms with van der Waals surface area (Å²) < 4.78 is 2.27. The Bertz CT molecular complexity index is 623. The molecule has 22 heavy (non-hydrogen) atoms. The number of hydrogen-bond donors (Lipinski definition) is 0. The van der Waals surface area contributed by atoms with E-state index in [4.69, 9.17) is 0 Å². The van der Waals surface area contributed by atoms with Gasteiger partial charge in [0.15, 0.2) is 0 Å². The Morgan fingerprint density at radius 2 is 2.05 bits per heavy atom. The summed E-state index contributed by atoms with van der Waals surface area (Å²) in [6.45, 7) is 9.40. The molecule has 0 aliphatic rings. The van der Waals surface area contributed by atoms with Crippen LogP contribution in [0.4, 0.5) is 5.69 Å². The topological polar surface area (TPSA) is 16.1 Å². The second-order valence-electron chi connectivity index (χ2n) is 5.22. The van der Waals surface area contributed by atoms with Gasteiger partial charge in [-0.25, -0.2) is 0 Å². The third kappa shape index (κ3) is 3.92. The zero-order valence-corrected chi connectivity index (χ0v) is 14.5. The lowest BCUT2D eigenvalue weighted by atomic mass is 9.97. The molecule has 0 spiro atoms. The largest absolute Gasteiger partial charge is 0.310 e. The summed E-state index contributed by atoms with van der Waals surface area (Å²) in [4.78, 5) is 4.22. The minimum absolute atomic E-state index is 0.884. The number of aryl methyl sites for hydroxylation is 1. The van der Waals surface area contributed by atoms with Gasteiger partial charge < -0.3 is 4.31 Å². The van der Waals surface area contributed by atoms with Crippen LogP contribution in [0.15, 0.2) is 49.3 Å². The van der Waals surface area contributed by atoms with E-state index in [1.165, 1.54) is 22.3 Å². The highest BCUT2D eigenvalue weighted by Crippen LogP contribution is 2.26. The molecule has 0 unspecified atom stereocenters. The van der Waals surface area contributed by atoms with Crippen LogP contribution in [-0.2, 0) is 13.0 Å². The van der Waals surface area contributed by atoms with E-state index in [2.05, 4.69) is 60.2 Å². The number of benzene rings is 1. The molecular weight excluding hydrogens is 288 g/mol. The summed E-state index contributed by atoms with van der Waals surface area (Å²) in [5.41, 5.74) is 6.37. The first kappa shape index (κ1) is 16.6. The van der Waals surface area contributed by atoms with Gasteiger partial charge in [-0.15, -0.1) is 0 Å². The van der Waals surface area contributed by atoms with Crippen molar-refractivity contribution in [2.75, 3.05) is 10.6 Å². The van der Waals surface area contributed by atoms with Crippen LogP contribution in [0.5, 0.6) is 0 Å². The fraction of sp³-hybridized carbons (Fsp3) is 0.316. The first-order chi connectivity index (χ1) is 10.7. The van der Waals surface area contributed by atoms with Gasteiger partial charge in [-0.2, -0.15) is 0 Å². The quantitative estimate of drug-likeness (QED) is 0.641. The Kier molecular flexibility index (Phi) is 6.08. The molecule has 0 fully saturated rings. The zero-order chi connectivity index (χ0) is 15.9. The van der Waals surface area contributed by atoms with Crippen LogP contribution in [0, 0.1) is 0 Å². The van der Waals surface area contributed by atoms with E-state index in [1.54, 1.807) is 11.9 Å². The highest BCUT2D eigenvalue weighted by molar-refractivity contribution is 7.99. The monoisotopic (exact) mass is 312 g/mol. The van der Waals surface area contributed by atoms with E-state index in [0.29, 0.717) is 0 Å². The molecule has 0 saturated carbocycles. The van der Waals surface area contributed by atoms with Gasteiger partial charge in [0.1, 0.15) is 0 Å². The van der Waals surface area contributed by atoms with Gasteiger partial charge >= 0.3 is 0 Å². The molecule has 0 atom stereocenters. The number of pyridine rings is 1. The average Bonchev–Trinajstić information content (AvgIpc) is 2.59. The Labute approximate surface area is 138 Å². The summed E-state index contributed by atoms with van der Waals surface area (Å²) in [6.07, 6.45) is 7.86. The van der Waals surface area contributed by atoms with Gasteiger partial charge in [0.05, 0.1) is 18.4 Å². The number of rotatable bonds is 7. The molecular formula is C19H24N2S. The van der Waals surface area contributed by atoms with E-state index in [1.807, 2.05) is 18.5 Å². The van der Waals surface area contributed by atoms with Crippen molar-refractivity contribution in [2.24, 2.45) is 0 Å². The number of allylic oxidation sites excluding steroid dienone is 1. The number of anilines is 1. The smallest absolute Gasteiger partial charge is 0.0657 e. The predicted octanol–water partition coefficient (Wildman–Crippen LogP) is 5.35. The molecule has 1 heterocycles. The summed E-state index contributed by atoms with van der Waals surface area (Å²) in [6, 6.07) is 10.8. The van der Waals surface area contributed by atoms with Crippen molar-refractivity contribution < 1.29 is 0 Å². The van der Waals surface area contributed by atoms with Crippen molar-refractivity contribution in [3.05, 3.63) is 66.0 Å². The standard InChI is InChI=1S/C19H24N2S/c1-5-15(3)17-9-10-18(16(6-2)12-17)14-21(22-4)19-8-7-11-20-13-19/h7-13H,3,5-6,14H2,1-2,4H3. The second kappa shape index (κ2) is 8.04. The average molecular weight is 312 g/mol. The third-order valence-electron chi connectivity index (χ3n) is 3.89. The maximum atomic E-state index is 4.22. The van der Waals surface area contributed by atoms with E-state index in [9.17, 15) is 0 Å². The van der Waals surface area contributed by atoms with Gasteiger partial charge in [-0.3, -0.25) is 4.98 Å². The fourth-order valence-electron chi connectivity index (χ4n) is 2.45. The minimum Gasteiger partial charge on any atom is -0.310 e. The summed E-state index contributed by atoms with van der Waals surface area (Å²) >= 11 is 1.73.